The lowest BCUT2D eigenvalue weighted by Gasteiger charge is -2.40. The summed E-state index contributed by atoms with van der Waals surface area (Å²) in [6.45, 7) is 3.93. The van der Waals surface area contributed by atoms with Gasteiger partial charge in [-0.15, -0.1) is 0 Å². The molecule has 5 rings (SSSR count). The Balaban J connectivity index is 1.17. The van der Waals surface area contributed by atoms with E-state index in [1.165, 1.54) is 51.4 Å². The van der Waals surface area contributed by atoms with Gasteiger partial charge in [0, 0.05) is 24.4 Å². The second-order valence-electron chi connectivity index (χ2n) is 9.16. The summed E-state index contributed by atoms with van der Waals surface area (Å²) in [7, 11) is 0. The highest BCUT2D eigenvalue weighted by atomic mass is 16.5. The first-order chi connectivity index (χ1) is 13.3. The SMILES string of the molecule is O=C(C1CC1)N1CCCCC[C@H]1C1CCN(Cc2nc(C3CC3)no2)CC1. The molecule has 27 heavy (non-hydrogen) atoms. The molecule has 0 radical (unpaired) electrons. The lowest BCUT2D eigenvalue weighted by molar-refractivity contribution is -0.136. The Bertz CT molecular complexity index is 659. The average Bonchev–Trinajstić information content (AvgIpc) is 3.59. The lowest BCUT2D eigenvalue weighted by atomic mass is 9.86. The molecule has 1 aromatic heterocycles. The third-order valence-electron chi connectivity index (χ3n) is 6.97. The van der Waals surface area contributed by atoms with Crippen molar-refractivity contribution in [1.82, 2.24) is 19.9 Å². The van der Waals surface area contributed by atoms with Crippen LogP contribution in [0.4, 0.5) is 0 Å². The van der Waals surface area contributed by atoms with Gasteiger partial charge in [-0.05, 0) is 70.4 Å². The number of carbonyl (C=O) groups is 1. The van der Waals surface area contributed by atoms with E-state index in [0.717, 1.165) is 50.7 Å². The molecular weight excluding hydrogens is 340 g/mol. The van der Waals surface area contributed by atoms with Crippen LogP contribution in [0.5, 0.6) is 0 Å². The van der Waals surface area contributed by atoms with E-state index in [0.29, 0.717) is 29.7 Å². The van der Waals surface area contributed by atoms with E-state index in [9.17, 15) is 4.79 Å². The number of piperidine rings is 1. The quantitative estimate of drug-likeness (QED) is 0.793. The summed E-state index contributed by atoms with van der Waals surface area (Å²) in [5.74, 6) is 3.71. The van der Waals surface area contributed by atoms with Crippen LogP contribution in [0.15, 0.2) is 4.52 Å². The molecule has 0 N–H and O–H groups in total. The van der Waals surface area contributed by atoms with E-state index in [1.54, 1.807) is 0 Å². The van der Waals surface area contributed by atoms with Crippen molar-refractivity contribution in [3.63, 3.8) is 0 Å². The molecule has 4 fully saturated rings. The van der Waals surface area contributed by atoms with Gasteiger partial charge in [-0.1, -0.05) is 18.0 Å². The number of nitrogens with zero attached hydrogens (tertiary/aromatic N) is 4. The first-order valence-corrected chi connectivity index (χ1v) is 11.1. The number of aromatic nitrogens is 2. The van der Waals surface area contributed by atoms with Gasteiger partial charge in [0.25, 0.3) is 0 Å². The van der Waals surface area contributed by atoms with Crippen molar-refractivity contribution in [3.8, 4) is 0 Å². The summed E-state index contributed by atoms with van der Waals surface area (Å²) in [5, 5.41) is 4.14. The van der Waals surface area contributed by atoms with Gasteiger partial charge in [-0.3, -0.25) is 9.69 Å². The third kappa shape index (κ3) is 4.05. The summed E-state index contributed by atoms with van der Waals surface area (Å²) in [6.07, 6.45) is 12.0. The average molecular weight is 373 g/mol. The predicted octanol–water partition coefficient (Wildman–Crippen LogP) is 3.34. The molecule has 2 saturated carbocycles. The fourth-order valence-electron chi connectivity index (χ4n) is 4.99. The van der Waals surface area contributed by atoms with Crippen LogP contribution < -0.4 is 0 Å². The normalized spacial score (nSPS) is 28.3. The number of hydrogen-bond donors (Lipinski definition) is 0. The Labute approximate surface area is 161 Å². The van der Waals surface area contributed by atoms with Crippen molar-refractivity contribution < 1.29 is 9.32 Å². The minimum atomic E-state index is 0.351. The highest BCUT2D eigenvalue weighted by Gasteiger charge is 2.40. The molecule has 6 heteroatoms. The lowest BCUT2D eigenvalue weighted by Crippen LogP contribution is -2.48. The topological polar surface area (TPSA) is 62.5 Å². The molecule has 3 heterocycles. The molecule has 148 valence electrons. The van der Waals surface area contributed by atoms with Crippen LogP contribution in [-0.4, -0.2) is 51.5 Å². The number of amides is 1. The van der Waals surface area contributed by atoms with Crippen LogP contribution in [0.3, 0.4) is 0 Å². The molecule has 6 nitrogen and oxygen atoms in total. The number of rotatable bonds is 5. The fraction of sp³-hybridized carbons (Fsp3) is 0.857. The van der Waals surface area contributed by atoms with Crippen molar-refractivity contribution in [2.45, 2.75) is 82.7 Å². The molecule has 0 spiro atoms. The summed E-state index contributed by atoms with van der Waals surface area (Å²) in [4.78, 5) is 22.1. The van der Waals surface area contributed by atoms with Crippen molar-refractivity contribution >= 4 is 5.91 Å². The highest BCUT2D eigenvalue weighted by molar-refractivity contribution is 5.81. The number of likely N-dealkylation sites (tertiary alicyclic amines) is 2. The van der Waals surface area contributed by atoms with E-state index in [-0.39, 0.29) is 0 Å². The predicted molar refractivity (Wildman–Crippen MR) is 101 cm³/mol. The zero-order valence-electron chi connectivity index (χ0n) is 16.3. The maximum Gasteiger partial charge on any atom is 0.240 e. The maximum absolute atomic E-state index is 12.8. The smallest absolute Gasteiger partial charge is 0.240 e. The molecular formula is C21H32N4O2. The minimum Gasteiger partial charge on any atom is -0.339 e. The van der Waals surface area contributed by atoms with Crippen LogP contribution >= 0.6 is 0 Å². The maximum atomic E-state index is 12.8. The molecule has 1 atom stereocenters. The molecule has 4 aliphatic rings. The second-order valence-corrected chi connectivity index (χ2v) is 9.16. The van der Waals surface area contributed by atoms with Crippen molar-refractivity contribution in [3.05, 3.63) is 11.7 Å². The van der Waals surface area contributed by atoms with E-state index in [1.807, 2.05) is 0 Å². The van der Waals surface area contributed by atoms with E-state index in [2.05, 4.69) is 19.9 Å². The molecule has 1 aromatic rings. The number of hydrogen-bond acceptors (Lipinski definition) is 5. The third-order valence-corrected chi connectivity index (χ3v) is 6.97. The van der Waals surface area contributed by atoms with Crippen LogP contribution in [0, 0.1) is 11.8 Å². The Morgan fingerprint density at radius 2 is 1.78 bits per heavy atom. The van der Waals surface area contributed by atoms with E-state index < -0.39 is 0 Å². The van der Waals surface area contributed by atoms with Crippen LogP contribution in [-0.2, 0) is 11.3 Å². The minimum absolute atomic E-state index is 0.351. The molecule has 2 saturated heterocycles. The van der Waals surface area contributed by atoms with Crippen LogP contribution in [0.2, 0.25) is 0 Å². The Hall–Kier alpha value is -1.43. The van der Waals surface area contributed by atoms with E-state index >= 15 is 0 Å². The van der Waals surface area contributed by atoms with Gasteiger partial charge in [0.15, 0.2) is 5.82 Å². The summed E-state index contributed by atoms with van der Waals surface area (Å²) >= 11 is 0. The summed E-state index contributed by atoms with van der Waals surface area (Å²) in [6, 6.07) is 0.479. The zero-order valence-corrected chi connectivity index (χ0v) is 16.3. The van der Waals surface area contributed by atoms with Gasteiger partial charge in [0.2, 0.25) is 11.8 Å². The van der Waals surface area contributed by atoms with Gasteiger partial charge >= 0.3 is 0 Å². The van der Waals surface area contributed by atoms with Gasteiger partial charge < -0.3 is 9.42 Å². The van der Waals surface area contributed by atoms with Gasteiger partial charge in [0.1, 0.15) is 0 Å². The van der Waals surface area contributed by atoms with Crippen molar-refractivity contribution in [2.75, 3.05) is 19.6 Å². The van der Waals surface area contributed by atoms with Crippen molar-refractivity contribution in [2.24, 2.45) is 11.8 Å². The molecule has 2 aliphatic heterocycles. The standard InChI is InChI=1S/C21H32N4O2/c26-21(17-7-8-17)25-11-3-1-2-4-18(25)15-9-12-24(13-10-15)14-19-22-20(23-27-19)16-5-6-16/h15-18H,1-14H2/t18-/m0/s1. The zero-order chi connectivity index (χ0) is 18.2. The first kappa shape index (κ1) is 17.7. The Morgan fingerprint density at radius 3 is 2.52 bits per heavy atom. The van der Waals surface area contributed by atoms with Crippen LogP contribution in [0.1, 0.15) is 81.8 Å². The molecule has 0 aromatic carbocycles. The largest absolute Gasteiger partial charge is 0.339 e. The molecule has 0 unspecified atom stereocenters. The highest BCUT2D eigenvalue weighted by Crippen LogP contribution is 2.38. The molecule has 0 bridgehead atoms. The summed E-state index contributed by atoms with van der Waals surface area (Å²) < 4.78 is 5.45. The van der Waals surface area contributed by atoms with Gasteiger partial charge in [-0.2, -0.15) is 4.98 Å². The Kier molecular flexibility index (Phi) is 4.92. The Morgan fingerprint density at radius 1 is 0.963 bits per heavy atom. The molecule has 1 amide bonds. The van der Waals surface area contributed by atoms with Crippen LogP contribution in [0.25, 0.3) is 0 Å². The first-order valence-electron chi connectivity index (χ1n) is 11.1. The van der Waals surface area contributed by atoms with Gasteiger partial charge in [0.05, 0.1) is 6.54 Å². The van der Waals surface area contributed by atoms with E-state index in [4.69, 9.17) is 4.52 Å². The second kappa shape index (κ2) is 7.53. The summed E-state index contributed by atoms with van der Waals surface area (Å²) in [5.41, 5.74) is 0. The van der Waals surface area contributed by atoms with Gasteiger partial charge in [-0.25, -0.2) is 0 Å². The molecule has 2 aliphatic carbocycles. The van der Waals surface area contributed by atoms with Crippen molar-refractivity contribution in [1.29, 1.82) is 0 Å². The monoisotopic (exact) mass is 372 g/mol. The number of carbonyl (C=O) groups excluding carboxylic acids is 1. The fourth-order valence-corrected chi connectivity index (χ4v) is 4.99.